The van der Waals surface area contributed by atoms with Crippen molar-refractivity contribution in [2.24, 2.45) is 5.41 Å². The quantitative estimate of drug-likeness (QED) is 0.109. The monoisotopic (exact) mass is 743 g/mol. The minimum atomic E-state index is -3.80. The first-order valence-corrected chi connectivity index (χ1v) is 20.2. The van der Waals surface area contributed by atoms with Crippen molar-refractivity contribution in [1.29, 1.82) is 0 Å². The minimum absolute atomic E-state index is 0.0143. The van der Waals surface area contributed by atoms with Gasteiger partial charge in [-0.2, -0.15) is 0 Å². The second-order valence-corrected chi connectivity index (χ2v) is 15.8. The average Bonchev–Trinajstić information content (AvgIpc) is 3.26. The molecule has 0 spiro atoms. The number of unbranched alkanes of at least 4 members (excludes halogenated alkanes) is 1. The van der Waals surface area contributed by atoms with Crippen molar-refractivity contribution in [3.8, 4) is 5.75 Å². The fourth-order valence-electron chi connectivity index (χ4n) is 6.59. The summed E-state index contributed by atoms with van der Waals surface area (Å²) in [6.45, 7) is 4.17. The molecule has 3 atom stereocenters. The van der Waals surface area contributed by atoms with E-state index in [-0.39, 0.29) is 16.4 Å². The summed E-state index contributed by atoms with van der Waals surface area (Å²) >= 11 is 1.37. The third-order valence-corrected chi connectivity index (χ3v) is 12.2. The number of benzene rings is 4. The Bertz CT molecular complexity index is 1960. The molecule has 0 saturated heterocycles. The number of carboxylic acids is 1. The van der Waals surface area contributed by atoms with Crippen LogP contribution in [0.1, 0.15) is 62.7 Å². The number of sulfone groups is 1. The Morgan fingerprint density at radius 2 is 1.48 bits per heavy atom. The number of carbonyl (C=O) groups is 3. The molecule has 5 rings (SSSR count). The van der Waals surface area contributed by atoms with Crippen molar-refractivity contribution < 1.29 is 32.6 Å². The number of hydrogen-bond donors (Lipinski definition) is 3. The minimum Gasteiger partial charge on any atom is -0.483 e. The van der Waals surface area contributed by atoms with E-state index in [1.54, 1.807) is 60.7 Å². The van der Waals surface area contributed by atoms with Crippen molar-refractivity contribution in [2.75, 3.05) is 30.1 Å². The first-order chi connectivity index (χ1) is 25.0. The Morgan fingerprint density at radius 1 is 0.885 bits per heavy atom. The number of carboxylic acid groups (broad SMARTS) is 1. The number of anilines is 2. The maximum Gasteiger partial charge on any atom is 0.330 e. The molecule has 0 bridgehead atoms. The van der Waals surface area contributed by atoms with E-state index in [2.05, 4.69) is 29.4 Å². The Balaban J connectivity index is 1.43. The number of hydrogen-bond acceptors (Lipinski definition) is 8. The summed E-state index contributed by atoms with van der Waals surface area (Å²) in [4.78, 5) is 42.1. The molecule has 274 valence electrons. The topological polar surface area (TPSA) is 142 Å². The molecule has 1 aliphatic heterocycles. The van der Waals surface area contributed by atoms with Crippen LogP contribution in [0.4, 0.5) is 11.4 Å². The zero-order valence-electron chi connectivity index (χ0n) is 29.6. The SMILES string of the molecule is CCCCC1(CC)CN(c2ccccc2)c2cc(SC)c(OCC(=O)NC(C(=O)N[C@@H](C(=O)O)c3ccccc3)c3ccccc3)cc2S(=O)(=O)C1. The molecule has 0 saturated carbocycles. The van der Waals surface area contributed by atoms with Crippen molar-refractivity contribution in [1.82, 2.24) is 10.6 Å². The molecule has 10 nitrogen and oxygen atoms in total. The average molecular weight is 744 g/mol. The van der Waals surface area contributed by atoms with Crippen molar-refractivity contribution in [3.05, 3.63) is 114 Å². The molecule has 4 aromatic rings. The van der Waals surface area contributed by atoms with E-state index in [9.17, 15) is 27.9 Å². The zero-order chi connectivity index (χ0) is 37.3. The molecule has 0 fully saturated rings. The second kappa shape index (κ2) is 17.1. The lowest BCUT2D eigenvalue weighted by Gasteiger charge is -2.36. The van der Waals surface area contributed by atoms with E-state index in [0.29, 0.717) is 34.7 Å². The zero-order valence-corrected chi connectivity index (χ0v) is 31.2. The van der Waals surface area contributed by atoms with Gasteiger partial charge in [0.15, 0.2) is 22.5 Å². The molecule has 2 unspecified atom stereocenters. The van der Waals surface area contributed by atoms with Crippen LogP contribution in [0.3, 0.4) is 0 Å². The lowest BCUT2D eigenvalue weighted by molar-refractivity contribution is -0.142. The molecule has 1 aliphatic rings. The van der Waals surface area contributed by atoms with Crippen molar-refractivity contribution in [3.63, 3.8) is 0 Å². The predicted molar refractivity (Wildman–Crippen MR) is 204 cm³/mol. The van der Waals surface area contributed by atoms with Gasteiger partial charge in [0, 0.05) is 23.7 Å². The van der Waals surface area contributed by atoms with Gasteiger partial charge in [-0.3, -0.25) is 9.59 Å². The van der Waals surface area contributed by atoms with E-state index >= 15 is 0 Å². The molecule has 4 aromatic carbocycles. The smallest absolute Gasteiger partial charge is 0.330 e. The molecular weight excluding hydrogens is 699 g/mol. The lowest BCUT2D eigenvalue weighted by Crippen LogP contribution is -2.44. The molecule has 0 aliphatic carbocycles. The van der Waals surface area contributed by atoms with Gasteiger partial charge in [-0.1, -0.05) is 106 Å². The van der Waals surface area contributed by atoms with Gasteiger partial charge >= 0.3 is 5.97 Å². The van der Waals surface area contributed by atoms with Crippen molar-refractivity contribution in [2.45, 2.75) is 61.4 Å². The highest BCUT2D eigenvalue weighted by Crippen LogP contribution is 2.47. The molecule has 0 aromatic heterocycles. The van der Waals surface area contributed by atoms with Gasteiger partial charge in [-0.15, -0.1) is 11.8 Å². The highest BCUT2D eigenvalue weighted by Gasteiger charge is 2.42. The molecule has 12 heteroatoms. The highest BCUT2D eigenvalue weighted by atomic mass is 32.2. The van der Waals surface area contributed by atoms with Gasteiger partial charge in [0.2, 0.25) is 5.91 Å². The first kappa shape index (κ1) is 38.4. The van der Waals surface area contributed by atoms with Crippen LogP contribution in [-0.2, 0) is 24.2 Å². The molecule has 1 heterocycles. The summed E-state index contributed by atoms with van der Waals surface area (Å²) in [5.74, 6) is -2.42. The third-order valence-electron chi connectivity index (χ3n) is 9.46. The maximum atomic E-state index is 14.3. The summed E-state index contributed by atoms with van der Waals surface area (Å²) in [5.41, 5.74) is 1.79. The fraction of sp³-hybridized carbons (Fsp3) is 0.325. The van der Waals surface area contributed by atoms with Crippen molar-refractivity contribution >= 4 is 50.8 Å². The number of nitrogens with zero attached hydrogens (tertiary/aromatic N) is 1. The summed E-state index contributed by atoms with van der Waals surface area (Å²) in [6.07, 6.45) is 5.18. The van der Waals surface area contributed by atoms with Gasteiger partial charge in [-0.25, -0.2) is 13.2 Å². The fourth-order valence-corrected chi connectivity index (χ4v) is 9.32. The van der Waals surface area contributed by atoms with E-state index in [1.165, 1.54) is 17.8 Å². The van der Waals surface area contributed by atoms with Gasteiger partial charge in [0.05, 0.1) is 21.2 Å². The molecule has 52 heavy (non-hydrogen) atoms. The summed E-state index contributed by atoms with van der Waals surface area (Å²) in [7, 11) is -3.80. The molecule has 0 radical (unpaired) electrons. The Morgan fingerprint density at radius 3 is 2.04 bits per heavy atom. The highest BCUT2D eigenvalue weighted by molar-refractivity contribution is 7.98. The summed E-state index contributed by atoms with van der Waals surface area (Å²) < 4.78 is 34.6. The number of rotatable bonds is 15. The van der Waals surface area contributed by atoms with Crippen LogP contribution in [0, 0.1) is 5.41 Å². The van der Waals surface area contributed by atoms with Gasteiger partial charge in [-0.05, 0) is 48.4 Å². The Hall–Kier alpha value is -4.81. The van der Waals surface area contributed by atoms with E-state index in [4.69, 9.17) is 4.74 Å². The number of para-hydroxylation sites is 1. The summed E-state index contributed by atoms with van der Waals surface area (Å²) in [5, 5.41) is 15.1. The number of carbonyl (C=O) groups excluding carboxylic acids is 2. The molecular formula is C40H45N3O7S2. The van der Waals surface area contributed by atoms with E-state index in [0.717, 1.165) is 24.9 Å². The normalized spacial score (nSPS) is 17.6. The number of nitrogens with one attached hydrogen (secondary N) is 2. The van der Waals surface area contributed by atoms with Crippen LogP contribution >= 0.6 is 11.8 Å². The molecule has 2 amide bonds. The van der Waals surface area contributed by atoms with E-state index in [1.807, 2.05) is 42.7 Å². The van der Waals surface area contributed by atoms with Crippen LogP contribution in [0.5, 0.6) is 5.75 Å². The van der Waals surface area contributed by atoms with Crippen LogP contribution in [0.25, 0.3) is 0 Å². The predicted octanol–water partition coefficient (Wildman–Crippen LogP) is 7.10. The van der Waals surface area contributed by atoms with Gasteiger partial charge < -0.3 is 25.4 Å². The summed E-state index contributed by atoms with van der Waals surface area (Å²) in [6, 6.07) is 27.3. The van der Waals surface area contributed by atoms with Gasteiger partial charge in [0.1, 0.15) is 11.8 Å². The number of thioether (sulfide) groups is 1. The maximum absolute atomic E-state index is 14.3. The number of aliphatic carboxylic acids is 1. The standard InChI is InChI=1S/C40H45N3O7S2/c1-4-6-22-40(5-2)26-43(30-20-14-9-15-21-30)31-23-33(51-3)32(24-34(31)52(48,49)27-40)50-25-35(44)41-36(28-16-10-7-11-17-28)38(45)42-37(39(46)47)29-18-12-8-13-19-29/h7-21,23-24,36-37H,4-6,22,25-27H2,1-3H3,(H,41,44)(H,42,45)(H,46,47)/t36?,37-,40?/m1/s1. The van der Waals surface area contributed by atoms with Crippen LogP contribution in [-0.4, -0.2) is 56.5 Å². The van der Waals surface area contributed by atoms with Gasteiger partial charge in [0.25, 0.3) is 5.91 Å². The van der Waals surface area contributed by atoms with Crippen LogP contribution in [0.2, 0.25) is 0 Å². The Kier molecular flexibility index (Phi) is 12.7. The number of fused-ring (bicyclic) bond motifs is 1. The first-order valence-electron chi connectivity index (χ1n) is 17.3. The Labute approximate surface area is 309 Å². The lowest BCUT2D eigenvalue weighted by atomic mass is 9.81. The second-order valence-electron chi connectivity index (χ2n) is 13.0. The number of ether oxygens (including phenoxy) is 1. The third kappa shape index (κ3) is 8.97. The largest absolute Gasteiger partial charge is 0.483 e. The molecule has 3 N–H and O–H groups in total. The number of amides is 2. The van der Waals surface area contributed by atoms with Crippen LogP contribution < -0.4 is 20.3 Å². The van der Waals surface area contributed by atoms with E-state index < -0.39 is 51.7 Å². The van der Waals surface area contributed by atoms with Crippen LogP contribution in [0.15, 0.2) is 113 Å².